The fourth-order valence-electron chi connectivity index (χ4n) is 3.84. The summed E-state index contributed by atoms with van der Waals surface area (Å²) in [4.78, 5) is 0. The van der Waals surface area contributed by atoms with E-state index in [-0.39, 0.29) is 0 Å². The van der Waals surface area contributed by atoms with Crippen LogP contribution in [0.2, 0.25) is 0 Å². The molecule has 0 spiro atoms. The van der Waals surface area contributed by atoms with Crippen molar-refractivity contribution in [3.63, 3.8) is 0 Å². The molecule has 2 aromatic rings. The number of nitriles is 1. The van der Waals surface area contributed by atoms with Crippen LogP contribution in [0.3, 0.4) is 0 Å². The van der Waals surface area contributed by atoms with Crippen molar-refractivity contribution in [1.82, 2.24) is 0 Å². The molecule has 2 aromatic carbocycles. The molecule has 0 aliphatic heterocycles. The van der Waals surface area contributed by atoms with Crippen LogP contribution >= 0.6 is 0 Å². The Balaban J connectivity index is 1.71. The molecule has 0 N–H and O–H groups in total. The van der Waals surface area contributed by atoms with Crippen molar-refractivity contribution in [2.75, 3.05) is 6.61 Å². The summed E-state index contributed by atoms with van der Waals surface area (Å²) in [5, 5.41) is 9.48. The molecule has 136 valence electrons. The van der Waals surface area contributed by atoms with E-state index in [1.54, 1.807) is 0 Å². The summed E-state index contributed by atoms with van der Waals surface area (Å²) in [5.41, 5.74) is 4.33. The lowest BCUT2D eigenvalue weighted by Crippen LogP contribution is -2.04. The molecule has 0 atom stereocenters. The first kappa shape index (κ1) is 18.5. The van der Waals surface area contributed by atoms with Gasteiger partial charge in [0.15, 0.2) is 0 Å². The summed E-state index contributed by atoms with van der Waals surface area (Å²) < 4.78 is 5.80. The van der Waals surface area contributed by atoms with Crippen LogP contribution in [0.4, 0.5) is 0 Å². The summed E-state index contributed by atoms with van der Waals surface area (Å²) in [6.45, 7) is 2.85. The van der Waals surface area contributed by atoms with Gasteiger partial charge in [-0.3, -0.25) is 0 Å². The summed E-state index contributed by atoms with van der Waals surface area (Å²) in [7, 11) is 0. The zero-order chi connectivity index (χ0) is 18.2. The molecule has 0 aromatic heterocycles. The zero-order valence-corrected chi connectivity index (χ0v) is 15.8. The number of hydrogen-bond donors (Lipinski definition) is 0. The molecule has 26 heavy (non-hydrogen) atoms. The van der Waals surface area contributed by atoms with Crippen LogP contribution in [0.5, 0.6) is 5.75 Å². The molecule has 1 aliphatic carbocycles. The van der Waals surface area contributed by atoms with Crippen LogP contribution in [0.15, 0.2) is 42.5 Å². The quantitative estimate of drug-likeness (QED) is 0.513. The average Bonchev–Trinajstić information content (AvgIpc) is 2.72. The highest BCUT2D eigenvalue weighted by molar-refractivity contribution is 5.67. The number of rotatable bonds is 7. The van der Waals surface area contributed by atoms with Gasteiger partial charge in [-0.05, 0) is 54.0 Å². The summed E-state index contributed by atoms with van der Waals surface area (Å²) >= 11 is 0. The number of unbranched alkanes of at least 4 members (excludes halogenated alkanes) is 2. The van der Waals surface area contributed by atoms with Crippen molar-refractivity contribution in [2.24, 2.45) is 0 Å². The van der Waals surface area contributed by atoms with Gasteiger partial charge in [0.2, 0.25) is 0 Å². The highest BCUT2D eigenvalue weighted by Gasteiger charge is 2.15. The minimum atomic E-state index is 0.621. The van der Waals surface area contributed by atoms with E-state index in [1.165, 1.54) is 49.7 Å². The zero-order valence-electron chi connectivity index (χ0n) is 15.8. The molecule has 0 bridgehead atoms. The molecule has 1 fully saturated rings. The minimum Gasteiger partial charge on any atom is -0.492 e. The maximum absolute atomic E-state index is 9.48. The van der Waals surface area contributed by atoms with E-state index in [0.29, 0.717) is 17.9 Å². The highest BCUT2D eigenvalue weighted by atomic mass is 16.5. The Labute approximate surface area is 157 Å². The second-order valence-corrected chi connectivity index (χ2v) is 7.34. The minimum absolute atomic E-state index is 0.621. The number of nitrogens with zero attached hydrogens (tertiary/aromatic N) is 1. The topological polar surface area (TPSA) is 33.0 Å². The van der Waals surface area contributed by atoms with Crippen molar-refractivity contribution in [2.45, 2.75) is 64.2 Å². The number of ether oxygens (including phenoxy) is 1. The van der Waals surface area contributed by atoms with Crippen LogP contribution in [0.25, 0.3) is 11.1 Å². The molecule has 3 rings (SSSR count). The molecule has 0 radical (unpaired) electrons. The lowest BCUT2D eigenvalue weighted by Gasteiger charge is -2.22. The maximum atomic E-state index is 9.48. The Morgan fingerprint density at radius 2 is 1.69 bits per heavy atom. The molecular formula is C24H29NO. The van der Waals surface area contributed by atoms with Gasteiger partial charge in [-0.1, -0.05) is 69.4 Å². The van der Waals surface area contributed by atoms with Gasteiger partial charge in [-0.15, -0.1) is 0 Å². The molecule has 0 heterocycles. The van der Waals surface area contributed by atoms with E-state index in [2.05, 4.69) is 43.3 Å². The van der Waals surface area contributed by atoms with Gasteiger partial charge in [-0.2, -0.15) is 5.26 Å². The van der Waals surface area contributed by atoms with Crippen LogP contribution < -0.4 is 4.74 Å². The third-order valence-electron chi connectivity index (χ3n) is 5.43. The molecule has 0 saturated heterocycles. The van der Waals surface area contributed by atoms with Gasteiger partial charge < -0.3 is 4.74 Å². The Bertz CT molecular complexity index is 736. The van der Waals surface area contributed by atoms with Gasteiger partial charge in [-0.25, -0.2) is 0 Å². The summed E-state index contributed by atoms with van der Waals surface area (Å²) in [6.07, 6.45) is 10.1. The SMILES string of the molecule is CCCCCOc1ccc(-c2ccc(C3CCCCC3)cc2)cc1C#N. The Morgan fingerprint density at radius 1 is 0.962 bits per heavy atom. The van der Waals surface area contributed by atoms with Gasteiger partial charge >= 0.3 is 0 Å². The summed E-state index contributed by atoms with van der Waals surface area (Å²) in [5.74, 6) is 1.43. The van der Waals surface area contributed by atoms with E-state index >= 15 is 0 Å². The Kier molecular flexibility index (Phi) is 6.72. The lowest BCUT2D eigenvalue weighted by atomic mass is 9.83. The second kappa shape index (κ2) is 9.43. The first-order valence-corrected chi connectivity index (χ1v) is 10.1. The monoisotopic (exact) mass is 347 g/mol. The third kappa shape index (κ3) is 4.67. The molecule has 0 amide bonds. The van der Waals surface area contributed by atoms with Crippen LogP contribution in [0, 0.1) is 11.3 Å². The van der Waals surface area contributed by atoms with Gasteiger partial charge in [0.05, 0.1) is 12.2 Å². The predicted molar refractivity (Wildman–Crippen MR) is 107 cm³/mol. The Hall–Kier alpha value is -2.27. The predicted octanol–water partition coefficient (Wildman–Crippen LogP) is 6.84. The van der Waals surface area contributed by atoms with E-state index < -0.39 is 0 Å². The fourth-order valence-corrected chi connectivity index (χ4v) is 3.84. The molecular weight excluding hydrogens is 318 g/mol. The normalized spacial score (nSPS) is 14.8. The molecule has 2 heteroatoms. The maximum Gasteiger partial charge on any atom is 0.137 e. The van der Waals surface area contributed by atoms with Gasteiger partial charge in [0.25, 0.3) is 0 Å². The van der Waals surface area contributed by atoms with E-state index in [0.717, 1.165) is 24.3 Å². The summed E-state index contributed by atoms with van der Waals surface area (Å²) in [6, 6.07) is 17.2. The van der Waals surface area contributed by atoms with Crippen molar-refractivity contribution >= 4 is 0 Å². The standard InChI is InChI=1S/C24H29NO/c1-2-3-7-16-26-24-15-14-22(17-23(24)18-25)21-12-10-20(11-13-21)19-8-5-4-6-9-19/h10-15,17,19H,2-9,16H2,1H3. The van der Waals surface area contributed by atoms with Crippen molar-refractivity contribution in [3.8, 4) is 22.9 Å². The second-order valence-electron chi connectivity index (χ2n) is 7.34. The highest BCUT2D eigenvalue weighted by Crippen LogP contribution is 2.34. The van der Waals surface area contributed by atoms with Crippen molar-refractivity contribution in [3.05, 3.63) is 53.6 Å². The molecule has 1 aliphatic rings. The number of benzene rings is 2. The van der Waals surface area contributed by atoms with Crippen molar-refractivity contribution < 1.29 is 4.74 Å². The largest absolute Gasteiger partial charge is 0.492 e. The third-order valence-corrected chi connectivity index (χ3v) is 5.43. The van der Waals surface area contributed by atoms with Crippen LogP contribution in [0.1, 0.15) is 75.3 Å². The average molecular weight is 348 g/mol. The smallest absolute Gasteiger partial charge is 0.137 e. The van der Waals surface area contributed by atoms with E-state index in [4.69, 9.17) is 4.74 Å². The van der Waals surface area contributed by atoms with E-state index in [1.807, 2.05) is 12.1 Å². The fraction of sp³-hybridized carbons (Fsp3) is 0.458. The van der Waals surface area contributed by atoms with Crippen molar-refractivity contribution in [1.29, 1.82) is 5.26 Å². The molecule has 0 unspecified atom stereocenters. The first-order chi connectivity index (χ1) is 12.8. The van der Waals surface area contributed by atoms with Crippen LogP contribution in [-0.2, 0) is 0 Å². The first-order valence-electron chi connectivity index (χ1n) is 10.1. The molecule has 1 saturated carbocycles. The van der Waals surface area contributed by atoms with Gasteiger partial charge in [0, 0.05) is 0 Å². The van der Waals surface area contributed by atoms with Crippen LogP contribution in [-0.4, -0.2) is 6.61 Å². The van der Waals surface area contributed by atoms with E-state index in [9.17, 15) is 5.26 Å². The number of hydrogen-bond acceptors (Lipinski definition) is 2. The Morgan fingerprint density at radius 3 is 2.38 bits per heavy atom. The molecule has 2 nitrogen and oxygen atoms in total. The lowest BCUT2D eigenvalue weighted by molar-refractivity contribution is 0.305. The van der Waals surface area contributed by atoms with Gasteiger partial charge in [0.1, 0.15) is 11.8 Å².